The molecule has 4 heteroatoms. The number of hydrogen-bond donors (Lipinski definition) is 0. The predicted molar refractivity (Wildman–Crippen MR) is 76.1 cm³/mol. The number of rotatable bonds is 4. The Bertz CT molecular complexity index is 475. The lowest BCUT2D eigenvalue weighted by Gasteiger charge is -1.98. The van der Waals surface area contributed by atoms with E-state index in [-0.39, 0.29) is 12.5 Å². The SMILES string of the molecule is CCOC(=O)/N=C(/C=C\C=C/c1ccccc1)OC. The zero-order valence-electron chi connectivity index (χ0n) is 11.1. The van der Waals surface area contributed by atoms with Crippen LogP contribution in [-0.2, 0) is 9.47 Å². The molecule has 0 fully saturated rings. The Labute approximate surface area is 113 Å². The number of methoxy groups -OCH3 is 1. The molecule has 0 aromatic heterocycles. The van der Waals surface area contributed by atoms with Gasteiger partial charge in [0.15, 0.2) is 0 Å². The van der Waals surface area contributed by atoms with Crippen molar-refractivity contribution in [1.82, 2.24) is 0 Å². The van der Waals surface area contributed by atoms with E-state index in [0.717, 1.165) is 5.56 Å². The van der Waals surface area contributed by atoms with Gasteiger partial charge in [0.05, 0.1) is 13.7 Å². The highest BCUT2D eigenvalue weighted by Gasteiger charge is 1.99. The average molecular weight is 259 g/mol. The van der Waals surface area contributed by atoms with Gasteiger partial charge in [-0.2, -0.15) is 0 Å². The van der Waals surface area contributed by atoms with E-state index in [9.17, 15) is 4.79 Å². The summed E-state index contributed by atoms with van der Waals surface area (Å²) in [6.45, 7) is 2.01. The molecule has 19 heavy (non-hydrogen) atoms. The van der Waals surface area contributed by atoms with E-state index < -0.39 is 6.09 Å². The second-order valence-electron chi connectivity index (χ2n) is 3.48. The molecule has 0 aliphatic rings. The first kappa shape index (κ1) is 14.7. The summed E-state index contributed by atoms with van der Waals surface area (Å²) in [4.78, 5) is 14.8. The number of hydrogen-bond acceptors (Lipinski definition) is 3. The maximum atomic E-state index is 11.1. The normalized spacial score (nSPS) is 12.0. The Hall–Kier alpha value is -2.36. The van der Waals surface area contributed by atoms with Crippen LogP contribution in [0.5, 0.6) is 0 Å². The van der Waals surface area contributed by atoms with E-state index in [2.05, 4.69) is 4.99 Å². The third-order valence-corrected chi connectivity index (χ3v) is 2.12. The highest BCUT2D eigenvalue weighted by atomic mass is 16.5. The molecule has 0 unspecified atom stereocenters. The summed E-state index contributed by atoms with van der Waals surface area (Å²) in [5, 5.41) is 0. The van der Waals surface area contributed by atoms with E-state index in [1.54, 1.807) is 19.1 Å². The fourth-order valence-corrected chi connectivity index (χ4v) is 1.27. The van der Waals surface area contributed by atoms with Crippen LogP contribution in [0, 0.1) is 0 Å². The van der Waals surface area contributed by atoms with Gasteiger partial charge in [0.1, 0.15) is 0 Å². The van der Waals surface area contributed by atoms with Crippen molar-refractivity contribution >= 4 is 18.1 Å². The molecule has 1 aromatic rings. The second kappa shape index (κ2) is 8.69. The minimum Gasteiger partial charge on any atom is -0.481 e. The number of aliphatic imine (C=N–C) groups is 1. The van der Waals surface area contributed by atoms with Crippen molar-refractivity contribution in [2.75, 3.05) is 13.7 Å². The van der Waals surface area contributed by atoms with Gasteiger partial charge in [-0.3, -0.25) is 0 Å². The van der Waals surface area contributed by atoms with Gasteiger partial charge in [-0.05, 0) is 12.5 Å². The van der Waals surface area contributed by atoms with Gasteiger partial charge in [0.25, 0.3) is 0 Å². The van der Waals surface area contributed by atoms with Crippen molar-refractivity contribution < 1.29 is 14.3 Å². The number of carbonyl (C=O) groups is 1. The quantitative estimate of drug-likeness (QED) is 0.472. The van der Waals surface area contributed by atoms with Crippen molar-refractivity contribution in [3.05, 3.63) is 54.1 Å². The molecule has 0 aliphatic carbocycles. The molecule has 0 saturated carbocycles. The zero-order valence-corrected chi connectivity index (χ0v) is 11.1. The summed E-state index contributed by atoms with van der Waals surface area (Å²) in [7, 11) is 1.45. The number of nitrogens with zero attached hydrogens (tertiary/aromatic N) is 1. The summed E-state index contributed by atoms with van der Waals surface area (Å²) in [6.07, 6.45) is 6.46. The van der Waals surface area contributed by atoms with Crippen LogP contribution in [0.2, 0.25) is 0 Å². The lowest BCUT2D eigenvalue weighted by Crippen LogP contribution is -2.04. The summed E-state index contributed by atoms with van der Waals surface area (Å²) >= 11 is 0. The van der Waals surface area contributed by atoms with Crippen LogP contribution in [0.1, 0.15) is 12.5 Å². The Balaban J connectivity index is 2.59. The molecule has 0 saturated heterocycles. The number of benzene rings is 1. The van der Waals surface area contributed by atoms with Gasteiger partial charge in [-0.1, -0.05) is 48.6 Å². The van der Waals surface area contributed by atoms with Crippen molar-refractivity contribution in [2.45, 2.75) is 6.92 Å². The van der Waals surface area contributed by atoms with E-state index in [0.29, 0.717) is 0 Å². The molecule has 0 atom stereocenters. The van der Waals surface area contributed by atoms with Gasteiger partial charge < -0.3 is 9.47 Å². The number of ether oxygens (including phenoxy) is 2. The monoisotopic (exact) mass is 259 g/mol. The largest absolute Gasteiger partial charge is 0.481 e. The first-order chi connectivity index (χ1) is 9.26. The topological polar surface area (TPSA) is 47.9 Å². The van der Waals surface area contributed by atoms with Crippen molar-refractivity contribution in [3.8, 4) is 0 Å². The molecule has 4 nitrogen and oxygen atoms in total. The van der Waals surface area contributed by atoms with Gasteiger partial charge in [0, 0.05) is 6.08 Å². The first-order valence-electron chi connectivity index (χ1n) is 5.95. The van der Waals surface area contributed by atoms with Crippen LogP contribution < -0.4 is 0 Å². The minimum absolute atomic E-state index is 0.205. The number of amides is 1. The Morgan fingerprint density at radius 1 is 1.26 bits per heavy atom. The molecule has 1 rings (SSSR count). The highest BCUT2D eigenvalue weighted by Crippen LogP contribution is 2.01. The van der Waals surface area contributed by atoms with E-state index >= 15 is 0 Å². The van der Waals surface area contributed by atoms with Crippen LogP contribution in [0.25, 0.3) is 6.08 Å². The van der Waals surface area contributed by atoms with Crippen molar-refractivity contribution in [3.63, 3.8) is 0 Å². The summed E-state index contributed by atoms with van der Waals surface area (Å²) < 4.78 is 9.64. The Morgan fingerprint density at radius 2 is 2.00 bits per heavy atom. The molecule has 0 spiro atoms. The third-order valence-electron chi connectivity index (χ3n) is 2.12. The molecule has 1 aromatic carbocycles. The second-order valence-corrected chi connectivity index (χ2v) is 3.48. The predicted octanol–water partition coefficient (Wildman–Crippen LogP) is 3.46. The van der Waals surface area contributed by atoms with Crippen LogP contribution in [0.4, 0.5) is 4.79 Å². The Kier molecular flexibility index (Phi) is 6.72. The molecule has 0 N–H and O–H groups in total. The molecule has 1 amide bonds. The summed E-state index contributed by atoms with van der Waals surface area (Å²) in [5.41, 5.74) is 1.09. The lowest BCUT2D eigenvalue weighted by atomic mass is 10.2. The van der Waals surface area contributed by atoms with Crippen LogP contribution >= 0.6 is 0 Å². The first-order valence-corrected chi connectivity index (χ1v) is 5.95. The van der Waals surface area contributed by atoms with Crippen molar-refractivity contribution in [2.24, 2.45) is 4.99 Å². The molecule has 0 heterocycles. The van der Waals surface area contributed by atoms with Crippen molar-refractivity contribution in [1.29, 1.82) is 0 Å². The number of carbonyl (C=O) groups excluding carboxylic acids is 1. The fraction of sp³-hybridized carbons (Fsp3) is 0.200. The van der Waals surface area contributed by atoms with Crippen LogP contribution in [0.15, 0.2) is 53.6 Å². The van der Waals surface area contributed by atoms with E-state index in [4.69, 9.17) is 9.47 Å². The molecule has 0 bridgehead atoms. The highest BCUT2D eigenvalue weighted by molar-refractivity contribution is 5.95. The van der Waals surface area contributed by atoms with Gasteiger partial charge in [-0.15, -0.1) is 4.99 Å². The molecule has 0 aliphatic heterocycles. The zero-order chi connectivity index (χ0) is 13.9. The van der Waals surface area contributed by atoms with Gasteiger partial charge >= 0.3 is 6.09 Å². The Morgan fingerprint density at radius 3 is 2.63 bits per heavy atom. The lowest BCUT2D eigenvalue weighted by molar-refractivity contribution is 0.163. The maximum Gasteiger partial charge on any atom is 0.436 e. The van der Waals surface area contributed by atoms with Gasteiger partial charge in [0.2, 0.25) is 5.90 Å². The minimum atomic E-state index is -0.656. The summed E-state index contributed by atoms with van der Waals surface area (Å²) in [5.74, 6) is 0.205. The molecular formula is C15H17NO3. The average Bonchev–Trinajstić information content (AvgIpc) is 2.43. The van der Waals surface area contributed by atoms with E-state index in [1.165, 1.54) is 7.11 Å². The van der Waals surface area contributed by atoms with Gasteiger partial charge in [-0.25, -0.2) is 4.79 Å². The van der Waals surface area contributed by atoms with Crippen LogP contribution in [0.3, 0.4) is 0 Å². The maximum absolute atomic E-state index is 11.1. The van der Waals surface area contributed by atoms with Crippen LogP contribution in [-0.4, -0.2) is 25.7 Å². The number of allylic oxidation sites excluding steroid dienone is 2. The third kappa shape index (κ3) is 6.21. The standard InChI is InChI=1S/C15H17NO3/c1-3-19-15(17)16-14(18-2)12-8-7-11-13-9-5-4-6-10-13/h4-12H,3H2,1-2H3/b11-7-,12-8-,16-14-. The smallest absolute Gasteiger partial charge is 0.436 e. The summed E-state index contributed by atoms with van der Waals surface area (Å²) in [6, 6.07) is 9.88. The fourth-order valence-electron chi connectivity index (χ4n) is 1.27. The van der Waals surface area contributed by atoms with E-state index in [1.807, 2.05) is 42.5 Å². The molecule has 100 valence electrons. The molecule has 0 radical (unpaired) electrons. The molecular weight excluding hydrogens is 242 g/mol.